The highest BCUT2D eigenvalue weighted by atomic mass is 19.1. The summed E-state index contributed by atoms with van der Waals surface area (Å²) in [6, 6.07) is 20.4. The lowest BCUT2D eigenvalue weighted by Crippen LogP contribution is -2.34. The summed E-state index contributed by atoms with van der Waals surface area (Å²) >= 11 is 0. The van der Waals surface area contributed by atoms with Crippen molar-refractivity contribution in [3.8, 4) is 11.5 Å². The predicted octanol–water partition coefficient (Wildman–Crippen LogP) is 4.03. The maximum Gasteiger partial charge on any atom is 0.278 e. The van der Waals surface area contributed by atoms with Crippen LogP contribution in [-0.2, 0) is 16.0 Å². The zero-order valence-electron chi connectivity index (χ0n) is 17.7. The van der Waals surface area contributed by atoms with Crippen LogP contribution in [0.3, 0.4) is 0 Å². The van der Waals surface area contributed by atoms with E-state index in [1.807, 2.05) is 18.2 Å². The summed E-state index contributed by atoms with van der Waals surface area (Å²) in [6.45, 7) is 1.12. The van der Waals surface area contributed by atoms with Gasteiger partial charge in [0.05, 0.1) is 5.57 Å². The van der Waals surface area contributed by atoms with E-state index in [0.717, 1.165) is 5.56 Å². The molecule has 0 aliphatic carbocycles. The van der Waals surface area contributed by atoms with Crippen molar-refractivity contribution >= 4 is 23.1 Å². The van der Waals surface area contributed by atoms with Gasteiger partial charge in [-0.2, -0.15) is 0 Å². The molecule has 0 saturated carbocycles. The van der Waals surface area contributed by atoms with Crippen LogP contribution in [0.1, 0.15) is 11.1 Å². The average Bonchev–Trinajstić information content (AvgIpc) is 3.08. The fourth-order valence-corrected chi connectivity index (χ4v) is 3.93. The standard InChI is InChI=1S/C26H21FN2O4/c27-19-8-6-17(7-9-19)12-13-29-25(30)23(18-4-2-1-3-5-18)24(26(29)31)28-20-10-11-21-22(16-20)33-15-14-32-21/h1-11,16,28H,12-15H2. The van der Waals surface area contributed by atoms with Crippen molar-refractivity contribution in [2.24, 2.45) is 0 Å². The second kappa shape index (κ2) is 8.78. The Kier molecular flexibility index (Phi) is 5.52. The fourth-order valence-electron chi connectivity index (χ4n) is 3.93. The topological polar surface area (TPSA) is 67.9 Å². The number of carbonyl (C=O) groups excluding carboxylic acids is 2. The summed E-state index contributed by atoms with van der Waals surface area (Å²) in [7, 11) is 0. The zero-order valence-corrected chi connectivity index (χ0v) is 17.7. The molecule has 0 saturated heterocycles. The Morgan fingerprint density at radius 3 is 2.33 bits per heavy atom. The third kappa shape index (κ3) is 4.17. The summed E-state index contributed by atoms with van der Waals surface area (Å²) in [4.78, 5) is 27.9. The van der Waals surface area contributed by atoms with Crippen molar-refractivity contribution in [3.05, 3.63) is 95.4 Å². The quantitative estimate of drug-likeness (QED) is 0.582. The Morgan fingerprint density at radius 2 is 1.58 bits per heavy atom. The molecule has 0 radical (unpaired) electrons. The van der Waals surface area contributed by atoms with Crippen LogP contribution in [0.4, 0.5) is 10.1 Å². The van der Waals surface area contributed by atoms with Gasteiger partial charge in [-0.25, -0.2) is 4.39 Å². The van der Waals surface area contributed by atoms with Crippen molar-refractivity contribution in [2.45, 2.75) is 6.42 Å². The molecule has 3 aromatic rings. The molecule has 6 nitrogen and oxygen atoms in total. The van der Waals surface area contributed by atoms with Crippen LogP contribution in [-0.4, -0.2) is 36.5 Å². The van der Waals surface area contributed by atoms with E-state index in [2.05, 4.69) is 5.32 Å². The van der Waals surface area contributed by atoms with Gasteiger partial charge in [0.25, 0.3) is 11.8 Å². The van der Waals surface area contributed by atoms with Gasteiger partial charge < -0.3 is 14.8 Å². The van der Waals surface area contributed by atoms with Crippen LogP contribution in [0.5, 0.6) is 11.5 Å². The van der Waals surface area contributed by atoms with E-state index >= 15 is 0 Å². The Balaban J connectivity index is 1.44. The van der Waals surface area contributed by atoms with Gasteiger partial charge in [-0.05, 0) is 41.8 Å². The summed E-state index contributed by atoms with van der Waals surface area (Å²) in [5.41, 5.74) is 2.63. The zero-order chi connectivity index (χ0) is 22.8. The SMILES string of the molecule is O=C1C(Nc2ccc3c(c2)OCCO3)=C(c2ccccc2)C(=O)N1CCc1ccc(F)cc1. The Labute approximate surface area is 190 Å². The first-order chi connectivity index (χ1) is 16.1. The monoisotopic (exact) mass is 444 g/mol. The highest BCUT2D eigenvalue weighted by Crippen LogP contribution is 2.35. The minimum atomic E-state index is -0.407. The number of anilines is 1. The summed E-state index contributed by atoms with van der Waals surface area (Å²) in [5, 5.41) is 3.14. The first-order valence-electron chi connectivity index (χ1n) is 10.7. The van der Waals surface area contributed by atoms with Gasteiger partial charge in [0, 0.05) is 18.3 Å². The molecule has 0 aromatic heterocycles. The third-order valence-corrected chi connectivity index (χ3v) is 5.58. The molecule has 0 bridgehead atoms. The molecular weight excluding hydrogens is 423 g/mol. The molecular formula is C26H21FN2O4. The molecule has 2 heterocycles. The van der Waals surface area contributed by atoms with Gasteiger partial charge in [-0.1, -0.05) is 42.5 Å². The number of fused-ring (bicyclic) bond motifs is 1. The van der Waals surface area contributed by atoms with Crippen molar-refractivity contribution in [1.82, 2.24) is 4.90 Å². The number of ether oxygens (including phenoxy) is 2. The van der Waals surface area contributed by atoms with E-state index in [9.17, 15) is 14.0 Å². The number of benzene rings is 3. The molecule has 0 spiro atoms. The minimum absolute atomic E-state index is 0.186. The molecule has 2 aliphatic heterocycles. The van der Waals surface area contributed by atoms with Crippen molar-refractivity contribution in [3.63, 3.8) is 0 Å². The molecule has 0 atom stereocenters. The second-order valence-corrected chi connectivity index (χ2v) is 7.74. The van der Waals surface area contributed by atoms with E-state index in [1.54, 1.807) is 42.5 Å². The highest BCUT2D eigenvalue weighted by Gasteiger charge is 2.39. The maximum absolute atomic E-state index is 13.3. The van der Waals surface area contributed by atoms with Gasteiger partial charge in [-0.15, -0.1) is 0 Å². The van der Waals surface area contributed by atoms with Gasteiger partial charge in [0.1, 0.15) is 24.7 Å². The molecule has 0 fully saturated rings. The molecule has 2 aliphatic rings. The van der Waals surface area contributed by atoms with Crippen LogP contribution >= 0.6 is 0 Å². The molecule has 1 N–H and O–H groups in total. The number of imide groups is 1. The number of carbonyl (C=O) groups is 2. The molecule has 0 unspecified atom stereocenters. The van der Waals surface area contributed by atoms with Gasteiger partial charge in [0.15, 0.2) is 11.5 Å². The number of hydrogen-bond acceptors (Lipinski definition) is 5. The van der Waals surface area contributed by atoms with Crippen molar-refractivity contribution < 1.29 is 23.5 Å². The highest BCUT2D eigenvalue weighted by molar-refractivity contribution is 6.36. The number of halogens is 1. The predicted molar refractivity (Wildman–Crippen MR) is 121 cm³/mol. The normalized spacial score (nSPS) is 15.2. The first-order valence-corrected chi connectivity index (χ1v) is 10.7. The number of nitrogens with one attached hydrogen (secondary N) is 1. The lowest BCUT2D eigenvalue weighted by Gasteiger charge is -2.19. The minimum Gasteiger partial charge on any atom is -0.486 e. The van der Waals surface area contributed by atoms with Crippen LogP contribution in [0, 0.1) is 5.82 Å². The maximum atomic E-state index is 13.3. The number of nitrogens with zero attached hydrogens (tertiary/aromatic N) is 1. The summed E-state index contributed by atoms with van der Waals surface area (Å²) in [5.74, 6) is 0.118. The van der Waals surface area contributed by atoms with Crippen LogP contribution in [0.25, 0.3) is 5.57 Å². The molecule has 3 aromatic carbocycles. The van der Waals surface area contributed by atoms with Gasteiger partial charge >= 0.3 is 0 Å². The average molecular weight is 444 g/mol. The number of rotatable bonds is 6. The molecule has 33 heavy (non-hydrogen) atoms. The first kappa shape index (κ1) is 20.8. The van der Waals surface area contributed by atoms with Gasteiger partial charge in [-0.3, -0.25) is 14.5 Å². The van der Waals surface area contributed by atoms with Crippen LogP contribution in [0.2, 0.25) is 0 Å². The molecule has 166 valence electrons. The van der Waals surface area contributed by atoms with E-state index in [1.165, 1.54) is 17.0 Å². The number of amides is 2. The lowest BCUT2D eigenvalue weighted by molar-refractivity contribution is -0.136. The molecule has 7 heteroatoms. The van der Waals surface area contributed by atoms with E-state index in [0.29, 0.717) is 48.0 Å². The van der Waals surface area contributed by atoms with Crippen LogP contribution in [0.15, 0.2) is 78.5 Å². The Hall–Kier alpha value is -4.13. The Bertz CT molecular complexity index is 1240. The van der Waals surface area contributed by atoms with E-state index < -0.39 is 5.91 Å². The fraction of sp³-hybridized carbons (Fsp3) is 0.154. The van der Waals surface area contributed by atoms with E-state index in [4.69, 9.17) is 9.47 Å². The smallest absolute Gasteiger partial charge is 0.278 e. The second-order valence-electron chi connectivity index (χ2n) is 7.74. The third-order valence-electron chi connectivity index (χ3n) is 5.58. The van der Waals surface area contributed by atoms with Crippen molar-refractivity contribution in [2.75, 3.05) is 25.1 Å². The largest absolute Gasteiger partial charge is 0.486 e. The van der Waals surface area contributed by atoms with E-state index in [-0.39, 0.29) is 24.0 Å². The van der Waals surface area contributed by atoms with Crippen LogP contribution < -0.4 is 14.8 Å². The lowest BCUT2D eigenvalue weighted by atomic mass is 10.0. The number of hydrogen-bond donors (Lipinski definition) is 1. The summed E-state index contributed by atoms with van der Waals surface area (Å²) in [6.07, 6.45) is 0.428. The van der Waals surface area contributed by atoms with Crippen molar-refractivity contribution in [1.29, 1.82) is 0 Å². The Morgan fingerprint density at radius 1 is 0.848 bits per heavy atom. The molecule has 5 rings (SSSR count). The van der Waals surface area contributed by atoms with Gasteiger partial charge in [0.2, 0.25) is 0 Å². The molecule has 2 amide bonds. The summed E-state index contributed by atoms with van der Waals surface area (Å²) < 4.78 is 24.4.